The van der Waals surface area contributed by atoms with E-state index in [1.54, 1.807) is 0 Å². The van der Waals surface area contributed by atoms with Gasteiger partial charge in [0, 0.05) is 13.1 Å². The summed E-state index contributed by atoms with van der Waals surface area (Å²) in [5, 5.41) is 3.21. The van der Waals surface area contributed by atoms with Crippen LogP contribution in [0.2, 0.25) is 0 Å². The van der Waals surface area contributed by atoms with Crippen molar-refractivity contribution in [2.24, 2.45) is 22.1 Å². The molecule has 1 aliphatic carbocycles. The second kappa shape index (κ2) is 8.99. The van der Waals surface area contributed by atoms with E-state index in [4.69, 9.17) is 5.73 Å². The molecule has 0 saturated heterocycles. The van der Waals surface area contributed by atoms with Crippen molar-refractivity contribution in [3.8, 4) is 0 Å². The van der Waals surface area contributed by atoms with Gasteiger partial charge in [0.1, 0.15) is 0 Å². The Morgan fingerprint density at radius 3 is 2.44 bits per heavy atom. The largest absolute Gasteiger partial charge is 0.370 e. The highest BCUT2D eigenvalue weighted by atomic mass is 127. The van der Waals surface area contributed by atoms with Gasteiger partial charge in [0.25, 0.3) is 0 Å². The Morgan fingerprint density at radius 2 is 1.94 bits per heavy atom. The molecule has 1 saturated carbocycles. The first-order chi connectivity index (χ1) is 8.10. The second-order valence-corrected chi connectivity index (χ2v) is 5.71. The molecule has 4 heteroatoms. The summed E-state index contributed by atoms with van der Waals surface area (Å²) >= 11 is 0. The minimum Gasteiger partial charge on any atom is -0.370 e. The van der Waals surface area contributed by atoms with Crippen molar-refractivity contribution >= 4 is 29.9 Å². The lowest BCUT2D eigenvalue weighted by molar-refractivity contribution is 0.370. The number of guanidine groups is 1. The Bertz CT molecular complexity index is 247. The number of rotatable bonds is 8. The third-order valence-electron chi connectivity index (χ3n) is 4.02. The minimum absolute atomic E-state index is 0. The molecule has 0 aromatic rings. The molecule has 1 aliphatic rings. The lowest BCUT2D eigenvalue weighted by atomic mass is 9.93. The molecule has 0 radical (unpaired) electrons. The molecule has 1 fully saturated rings. The highest BCUT2D eigenvalue weighted by molar-refractivity contribution is 14.0. The number of aliphatic imine (C=N–C) groups is 1. The molecule has 108 valence electrons. The van der Waals surface area contributed by atoms with Crippen LogP contribution in [0.5, 0.6) is 0 Å². The van der Waals surface area contributed by atoms with E-state index in [9.17, 15) is 0 Å². The molecule has 0 bridgehead atoms. The molecule has 18 heavy (non-hydrogen) atoms. The summed E-state index contributed by atoms with van der Waals surface area (Å²) in [6.45, 7) is 8.67. The first kappa shape index (κ1) is 18.0. The highest BCUT2D eigenvalue weighted by Crippen LogP contribution is 2.51. The molecule has 0 aliphatic heterocycles. The number of hydrogen-bond donors (Lipinski definition) is 2. The van der Waals surface area contributed by atoms with Gasteiger partial charge < -0.3 is 11.1 Å². The van der Waals surface area contributed by atoms with Crippen LogP contribution in [0.25, 0.3) is 0 Å². The zero-order valence-electron chi connectivity index (χ0n) is 12.2. The van der Waals surface area contributed by atoms with Gasteiger partial charge in [-0.3, -0.25) is 4.99 Å². The van der Waals surface area contributed by atoms with E-state index in [-0.39, 0.29) is 24.0 Å². The third kappa shape index (κ3) is 6.25. The van der Waals surface area contributed by atoms with Crippen molar-refractivity contribution in [2.45, 2.75) is 59.3 Å². The molecule has 0 spiro atoms. The molecule has 0 unspecified atom stereocenters. The first-order valence-corrected chi connectivity index (χ1v) is 7.14. The van der Waals surface area contributed by atoms with E-state index in [1.165, 1.54) is 38.5 Å². The predicted octanol–water partition coefficient (Wildman–Crippen LogP) is 3.53. The quantitative estimate of drug-likeness (QED) is 0.299. The van der Waals surface area contributed by atoms with E-state index < -0.39 is 0 Å². The number of nitrogens with one attached hydrogen (secondary N) is 1. The van der Waals surface area contributed by atoms with Crippen LogP contribution in [0, 0.1) is 11.3 Å². The maximum absolute atomic E-state index is 5.86. The molecule has 0 atom stereocenters. The SMILES string of the molecule is CCCCCCNC(N)=NCC1(C(C)C)CC1.I. The fraction of sp³-hybridized carbons (Fsp3) is 0.929. The van der Waals surface area contributed by atoms with E-state index in [2.05, 4.69) is 31.1 Å². The predicted molar refractivity (Wildman–Crippen MR) is 90.6 cm³/mol. The Kier molecular flexibility index (Phi) is 8.99. The maximum Gasteiger partial charge on any atom is 0.188 e. The number of halogens is 1. The summed E-state index contributed by atoms with van der Waals surface area (Å²) in [5.74, 6) is 1.36. The normalized spacial score (nSPS) is 17.4. The van der Waals surface area contributed by atoms with Gasteiger partial charge in [-0.1, -0.05) is 40.0 Å². The zero-order valence-corrected chi connectivity index (χ0v) is 14.5. The fourth-order valence-corrected chi connectivity index (χ4v) is 2.15. The van der Waals surface area contributed by atoms with Gasteiger partial charge in [-0.05, 0) is 30.6 Å². The Hall–Kier alpha value is 0. The molecular weight excluding hydrogens is 337 g/mol. The number of nitrogens with zero attached hydrogens (tertiary/aromatic N) is 1. The summed E-state index contributed by atoms with van der Waals surface area (Å²) < 4.78 is 0. The van der Waals surface area contributed by atoms with Gasteiger partial charge in [-0.15, -0.1) is 24.0 Å². The molecular formula is C14H30IN3. The molecule has 0 amide bonds. The van der Waals surface area contributed by atoms with Gasteiger partial charge in [0.2, 0.25) is 0 Å². The zero-order chi connectivity index (χ0) is 12.7. The highest BCUT2D eigenvalue weighted by Gasteiger charge is 2.44. The van der Waals surface area contributed by atoms with Crippen molar-refractivity contribution in [2.75, 3.05) is 13.1 Å². The molecule has 0 aromatic carbocycles. The first-order valence-electron chi connectivity index (χ1n) is 7.14. The molecule has 3 nitrogen and oxygen atoms in total. The van der Waals surface area contributed by atoms with Gasteiger partial charge in [0.05, 0.1) is 0 Å². The van der Waals surface area contributed by atoms with Crippen molar-refractivity contribution in [3.05, 3.63) is 0 Å². The topological polar surface area (TPSA) is 50.4 Å². The average molecular weight is 367 g/mol. The Balaban J connectivity index is 0.00000289. The van der Waals surface area contributed by atoms with Gasteiger partial charge in [0.15, 0.2) is 5.96 Å². The minimum atomic E-state index is 0. The Labute approximate surface area is 129 Å². The monoisotopic (exact) mass is 367 g/mol. The molecule has 1 rings (SSSR count). The standard InChI is InChI=1S/C14H29N3.HI/c1-4-5-6-7-10-16-13(15)17-11-14(8-9-14)12(2)3;/h12H,4-11H2,1-3H3,(H3,15,16,17);1H. The van der Waals surface area contributed by atoms with Gasteiger partial charge in [-0.25, -0.2) is 0 Å². The molecule has 0 aromatic heterocycles. The summed E-state index contributed by atoms with van der Waals surface area (Å²) in [5.41, 5.74) is 6.33. The average Bonchev–Trinajstić information content (AvgIpc) is 3.07. The van der Waals surface area contributed by atoms with Crippen molar-refractivity contribution in [1.82, 2.24) is 5.32 Å². The summed E-state index contributed by atoms with van der Waals surface area (Å²) in [6, 6.07) is 0. The van der Waals surface area contributed by atoms with Crippen LogP contribution in [0.1, 0.15) is 59.3 Å². The van der Waals surface area contributed by atoms with Crippen LogP contribution < -0.4 is 11.1 Å². The van der Waals surface area contributed by atoms with Crippen LogP contribution in [0.4, 0.5) is 0 Å². The van der Waals surface area contributed by atoms with E-state index in [0.29, 0.717) is 11.4 Å². The molecule has 3 N–H and O–H groups in total. The maximum atomic E-state index is 5.86. The van der Waals surface area contributed by atoms with E-state index >= 15 is 0 Å². The lowest BCUT2D eigenvalue weighted by Gasteiger charge is -2.17. The third-order valence-corrected chi connectivity index (χ3v) is 4.02. The van der Waals surface area contributed by atoms with E-state index in [0.717, 1.165) is 19.0 Å². The summed E-state index contributed by atoms with van der Waals surface area (Å²) in [7, 11) is 0. The van der Waals surface area contributed by atoms with E-state index in [1.807, 2.05) is 0 Å². The number of hydrogen-bond acceptors (Lipinski definition) is 1. The van der Waals surface area contributed by atoms with Gasteiger partial charge >= 0.3 is 0 Å². The summed E-state index contributed by atoms with van der Waals surface area (Å²) in [6.07, 6.45) is 7.71. The van der Waals surface area contributed by atoms with Crippen LogP contribution in [0.3, 0.4) is 0 Å². The van der Waals surface area contributed by atoms with Crippen LogP contribution in [-0.2, 0) is 0 Å². The van der Waals surface area contributed by atoms with Crippen LogP contribution >= 0.6 is 24.0 Å². The summed E-state index contributed by atoms with van der Waals surface area (Å²) in [4.78, 5) is 4.48. The number of nitrogens with two attached hydrogens (primary N) is 1. The van der Waals surface area contributed by atoms with Crippen molar-refractivity contribution in [3.63, 3.8) is 0 Å². The van der Waals surface area contributed by atoms with Crippen molar-refractivity contribution in [1.29, 1.82) is 0 Å². The molecule has 0 heterocycles. The number of unbranched alkanes of at least 4 members (excludes halogenated alkanes) is 3. The van der Waals surface area contributed by atoms with Crippen molar-refractivity contribution < 1.29 is 0 Å². The Morgan fingerprint density at radius 1 is 1.28 bits per heavy atom. The smallest absolute Gasteiger partial charge is 0.188 e. The van der Waals surface area contributed by atoms with Gasteiger partial charge in [-0.2, -0.15) is 0 Å². The second-order valence-electron chi connectivity index (χ2n) is 5.71. The fourth-order valence-electron chi connectivity index (χ4n) is 2.15. The van der Waals surface area contributed by atoms with Crippen LogP contribution in [-0.4, -0.2) is 19.0 Å². The van der Waals surface area contributed by atoms with Crippen LogP contribution in [0.15, 0.2) is 4.99 Å². The lowest BCUT2D eigenvalue weighted by Crippen LogP contribution is -2.33.